The van der Waals surface area contributed by atoms with Gasteiger partial charge in [-0.25, -0.2) is 4.79 Å². The van der Waals surface area contributed by atoms with Crippen LogP contribution in [0, 0.1) is 0 Å². The second kappa shape index (κ2) is 5.41. The fourth-order valence-corrected chi connectivity index (χ4v) is 0.236. The first kappa shape index (κ1) is 6.41. The van der Waals surface area contributed by atoms with Gasteiger partial charge in [0.25, 0.3) is 0 Å². The zero-order chi connectivity index (χ0) is 5.54. The normalized spacial score (nSPS) is 7.57. The Hall–Kier alpha value is -0.590. The lowest BCUT2D eigenvalue weighted by molar-refractivity contribution is 0.204. The molecule has 0 aromatic carbocycles. The second-order valence-electron chi connectivity index (χ2n) is 1.10. The summed E-state index contributed by atoms with van der Waals surface area (Å²) in [6.07, 6.45) is 2.07. The average Bonchev–Trinajstić information content (AvgIpc) is 1.69. The maximum absolute atomic E-state index is 9.44. The molecule has 40 valence electrons. The van der Waals surface area contributed by atoms with Crippen molar-refractivity contribution in [1.29, 1.82) is 0 Å². The SMILES string of the molecule is COCCC=C=O. The van der Waals surface area contributed by atoms with Crippen LogP contribution in [-0.2, 0) is 9.53 Å². The summed E-state index contributed by atoms with van der Waals surface area (Å²) < 4.78 is 4.63. The molecule has 7 heavy (non-hydrogen) atoms. The molecule has 0 fully saturated rings. The standard InChI is InChI=1S/C5H8O2/c1-7-5-3-2-4-6/h2H,3,5H2,1H3. The van der Waals surface area contributed by atoms with Gasteiger partial charge in [0, 0.05) is 13.2 Å². The summed E-state index contributed by atoms with van der Waals surface area (Å²) in [4.78, 5) is 9.44. The van der Waals surface area contributed by atoms with Crippen molar-refractivity contribution in [3.05, 3.63) is 6.08 Å². The van der Waals surface area contributed by atoms with Gasteiger partial charge in [-0.1, -0.05) is 0 Å². The van der Waals surface area contributed by atoms with Crippen molar-refractivity contribution in [2.24, 2.45) is 0 Å². The topological polar surface area (TPSA) is 26.3 Å². The molecule has 0 bridgehead atoms. The predicted octanol–water partition coefficient (Wildman–Crippen LogP) is 0.411. The second-order valence-corrected chi connectivity index (χ2v) is 1.10. The van der Waals surface area contributed by atoms with Gasteiger partial charge in [-0.15, -0.1) is 0 Å². The summed E-state index contributed by atoms with van der Waals surface area (Å²) >= 11 is 0. The molecule has 0 saturated carbocycles. The highest BCUT2D eigenvalue weighted by Gasteiger charge is 1.73. The van der Waals surface area contributed by atoms with Crippen LogP contribution in [0.3, 0.4) is 0 Å². The van der Waals surface area contributed by atoms with Gasteiger partial charge >= 0.3 is 0 Å². The van der Waals surface area contributed by atoms with Gasteiger partial charge in [-0.3, -0.25) is 0 Å². The van der Waals surface area contributed by atoms with Crippen molar-refractivity contribution in [1.82, 2.24) is 0 Å². The Bertz CT molecular complexity index is 72.1. The zero-order valence-corrected chi connectivity index (χ0v) is 4.31. The van der Waals surface area contributed by atoms with Gasteiger partial charge < -0.3 is 4.74 Å². The molecule has 0 aromatic rings. The van der Waals surface area contributed by atoms with Crippen molar-refractivity contribution in [2.75, 3.05) is 13.7 Å². The molecule has 0 amide bonds. The van der Waals surface area contributed by atoms with Gasteiger partial charge in [0.15, 0.2) is 0 Å². The van der Waals surface area contributed by atoms with Crippen molar-refractivity contribution < 1.29 is 9.53 Å². The summed E-state index contributed by atoms with van der Waals surface area (Å²) in [5, 5.41) is 0. The molecule has 0 radical (unpaired) electrons. The minimum Gasteiger partial charge on any atom is -0.384 e. The van der Waals surface area contributed by atoms with E-state index in [1.54, 1.807) is 13.1 Å². The summed E-state index contributed by atoms with van der Waals surface area (Å²) in [5.74, 6) is 1.65. The Morgan fingerprint density at radius 1 is 1.86 bits per heavy atom. The van der Waals surface area contributed by atoms with E-state index in [0.717, 1.165) is 0 Å². The molecule has 0 saturated heterocycles. The van der Waals surface area contributed by atoms with Gasteiger partial charge in [-0.2, -0.15) is 0 Å². The highest BCUT2D eigenvalue weighted by Crippen LogP contribution is 1.75. The van der Waals surface area contributed by atoms with Gasteiger partial charge in [0.05, 0.1) is 6.61 Å². The van der Waals surface area contributed by atoms with E-state index in [1.807, 2.05) is 0 Å². The number of ether oxygens (including phenoxy) is 1. The first-order valence-electron chi connectivity index (χ1n) is 2.10. The lowest BCUT2D eigenvalue weighted by atomic mass is 10.5. The minimum atomic E-state index is 0.606. The lowest BCUT2D eigenvalue weighted by Crippen LogP contribution is -1.83. The number of rotatable bonds is 3. The van der Waals surface area contributed by atoms with Gasteiger partial charge in [0.2, 0.25) is 0 Å². The molecule has 0 aliphatic heterocycles. The molecular formula is C5H8O2. The Kier molecular flexibility index (Phi) is 4.95. The molecule has 0 unspecified atom stereocenters. The number of hydrogen-bond donors (Lipinski definition) is 0. The summed E-state index contributed by atoms with van der Waals surface area (Å²) in [7, 11) is 1.60. The van der Waals surface area contributed by atoms with Crippen LogP contribution in [0.15, 0.2) is 6.08 Å². The molecule has 0 spiro atoms. The molecule has 2 nitrogen and oxygen atoms in total. The van der Waals surface area contributed by atoms with Crippen molar-refractivity contribution in [3.8, 4) is 0 Å². The molecule has 0 heterocycles. The smallest absolute Gasteiger partial charge is 0.120 e. The summed E-state index contributed by atoms with van der Waals surface area (Å²) in [6, 6.07) is 0. The van der Waals surface area contributed by atoms with Crippen LogP contribution in [0.25, 0.3) is 0 Å². The predicted molar refractivity (Wildman–Crippen MR) is 26.8 cm³/mol. The Balaban J connectivity index is 2.83. The van der Waals surface area contributed by atoms with E-state index in [2.05, 4.69) is 4.74 Å². The van der Waals surface area contributed by atoms with E-state index >= 15 is 0 Å². The molecule has 2 heteroatoms. The highest BCUT2D eigenvalue weighted by atomic mass is 16.5. The van der Waals surface area contributed by atoms with Crippen LogP contribution in [-0.4, -0.2) is 19.7 Å². The first-order valence-corrected chi connectivity index (χ1v) is 2.10. The Morgan fingerprint density at radius 3 is 3.00 bits per heavy atom. The summed E-state index contributed by atoms with van der Waals surface area (Å²) in [5.41, 5.74) is 0. The van der Waals surface area contributed by atoms with Crippen LogP contribution >= 0.6 is 0 Å². The number of carbonyl (C=O) groups excluding carboxylic acids is 1. The van der Waals surface area contributed by atoms with Gasteiger partial charge in [-0.05, 0) is 6.42 Å². The van der Waals surface area contributed by atoms with Crippen LogP contribution in [0.1, 0.15) is 6.42 Å². The molecule has 0 atom stereocenters. The van der Waals surface area contributed by atoms with E-state index in [0.29, 0.717) is 13.0 Å². The van der Waals surface area contributed by atoms with Crippen molar-refractivity contribution in [2.45, 2.75) is 6.42 Å². The molecule has 0 N–H and O–H groups in total. The quantitative estimate of drug-likeness (QED) is 0.379. The molecule has 0 aliphatic carbocycles. The van der Waals surface area contributed by atoms with Crippen LogP contribution in [0.4, 0.5) is 0 Å². The van der Waals surface area contributed by atoms with Crippen LogP contribution in [0.5, 0.6) is 0 Å². The third kappa shape index (κ3) is 5.41. The number of hydrogen-bond acceptors (Lipinski definition) is 2. The van der Waals surface area contributed by atoms with Crippen LogP contribution < -0.4 is 0 Å². The number of methoxy groups -OCH3 is 1. The lowest BCUT2D eigenvalue weighted by Gasteiger charge is -1.85. The van der Waals surface area contributed by atoms with Gasteiger partial charge in [0.1, 0.15) is 5.94 Å². The fourth-order valence-electron chi connectivity index (χ4n) is 0.236. The third-order valence-electron chi connectivity index (χ3n) is 0.550. The Labute approximate surface area is 42.8 Å². The van der Waals surface area contributed by atoms with E-state index in [-0.39, 0.29) is 0 Å². The maximum Gasteiger partial charge on any atom is 0.120 e. The zero-order valence-electron chi connectivity index (χ0n) is 4.31. The molecule has 0 aliphatic rings. The average molecular weight is 100 g/mol. The Morgan fingerprint density at radius 2 is 2.57 bits per heavy atom. The monoisotopic (exact) mass is 100 g/mol. The van der Waals surface area contributed by atoms with Crippen molar-refractivity contribution >= 4 is 5.94 Å². The van der Waals surface area contributed by atoms with Crippen molar-refractivity contribution in [3.63, 3.8) is 0 Å². The largest absolute Gasteiger partial charge is 0.384 e. The summed E-state index contributed by atoms with van der Waals surface area (Å²) in [6.45, 7) is 0.606. The van der Waals surface area contributed by atoms with E-state index in [9.17, 15) is 4.79 Å². The molecule has 0 rings (SSSR count). The fraction of sp³-hybridized carbons (Fsp3) is 0.600. The maximum atomic E-state index is 9.44. The van der Waals surface area contributed by atoms with E-state index in [4.69, 9.17) is 0 Å². The van der Waals surface area contributed by atoms with E-state index < -0.39 is 0 Å². The molecule has 0 aromatic heterocycles. The molecular weight excluding hydrogens is 92.1 g/mol. The minimum absolute atomic E-state index is 0.606. The third-order valence-corrected chi connectivity index (χ3v) is 0.550. The van der Waals surface area contributed by atoms with E-state index in [1.165, 1.54) is 6.08 Å². The first-order chi connectivity index (χ1) is 3.41. The van der Waals surface area contributed by atoms with Crippen LogP contribution in [0.2, 0.25) is 0 Å². The highest BCUT2D eigenvalue weighted by molar-refractivity contribution is 5.44.